The number of benzene rings is 1. The summed E-state index contributed by atoms with van der Waals surface area (Å²) >= 11 is 6.68. The number of sulfonamides is 1. The lowest BCUT2D eigenvalue weighted by molar-refractivity contribution is -0.137. The van der Waals surface area contributed by atoms with Gasteiger partial charge >= 0.3 is 6.18 Å². The number of hydrogen-bond acceptors (Lipinski definition) is 6. The maximum atomic E-state index is 12.6. The molecular weight excluding hydrogens is 477 g/mol. The number of nitrogens with zero attached hydrogens (tertiary/aromatic N) is 2. The molecule has 0 saturated carbocycles. The first-order valence-corrected chi connectivity index (χ1v) is 11.2. The van der Waals surface area contributed by atoms with E-state index in [2.05, 4.69) is 20.0 Å². The Kier molecular flexibility index (Phi) is 6.82. The molecule has 3 aromatic rings. The molecule has 2 aromatic heterocycles. The Labute approximate surface area is 184 Å². The molecule has 0 unspecified atom stereocenters. The van der Waals surface area contributed by atoms with Gasteiger partial charge in [0.15, 0.2) is 5.13 Å². The van der Waals surface area contributed by atoms with Gasteiger partial charge in [-0.15, -0.1) is 0 Å². The van der Waals surface area contributed by atoms with Gasteiger partial charge in [0.1, 0.15) is 9.23 Å². The van der Waals surface area contributed by atoms with Crippen LogP contribution in [0.4, 0.5) is 18.3 Å². The van der Waals surface area contributed by atoms with Crippen LogP contribution >= 0.6 is 22.9 Å². The van der Waals surface area contributed by atoms with Crippen LogP contribution in [0.1, 0.15) is 16.8 Å². The fourth-order valence-electron chi connectivity index (χ4n) is 2.39. The van der Waals surface area contributed by atoms with E-state index in [1.165, 1.54) is 30.5 Å². The zero-order valence-corrected chi connectivity index (χ0v) is 17.9. The third-order valence-corrected chi connectivity index (χ3v) is 6.40. The topological polar surface area (TPSA) is 101 Å². The molecule has 0 bridgehead atoms. The third-order valence-electron chi connectivity index (χ3n) is 3.92. The number of carbonyl (C=O) groups excluding carboxylic acids is 1. The number of aromatic nitrogens is 2. The van der Waals surface area contributed by atoms with E-state index in [0.717, 1.165) is 29.7 Å². The van der Waals surface area contributed by atoms with Crippen molar-refractivity contribution in [3.05, 3.63) is 69.9 Å². The number of carbonyl (C=O) groups is 1. The number of thiazole rings is 1. The van der Waals surface area contributed by atoms with Gasteiger partial charge in [0.2, 0.25) is 5.91 Å². The molecule has 0 radical (unpaired) electrons. The van der Waals surface area contributed by atoms with Crippen LogP contribution in [0.2, 0.25) is 4.34 Å². The molecule has 0 saturated heterocycles. The van der Waals surface area contributed by atoms with Crippen molar-refractivity contribution in [2.24, 2.45) is 0 Å². The number of alkyl halides is 3. The van der Waals surface area contributed by atoms with Crippen LogP contribution in [-0.4, -0.2) is 24.3 Å². The van der Waals surface area contributed by atoms with E-state index < -0.39 is 27.7 Å². The highest BCUT2D eigenvalue weighted by molar-refractivity contribution is 7.93. The number of nitrogens with one attached hydrogen (secondary N) is 2. The largest absolute Gasteiger partial charge is 0.416 e. The molecule has 7 nitrogen and oxygen atoms in total. The summed E-state index contributed by atoms with van der Waals surface area (Å²) in [4.78, 5) is 19.7. The van der Waals surface area contributed by atoms with Crippen LogP contribution in [0.3, 0.4) is 0 Å². The Morgan fingerprint density at radius 3 is 2.32 bits per heavy atom. The molecule has 0 atom stereocenters. The predicted octanol–water partition coefficient (Wildman–Crippen LogP) is 3.87. The van der Waals surface area contributed by atoms with Crippen molar-refractivity contribution in [2.45, 2.75) is 24.0 Å². The fraction of sp³-hybridized carbons (Fsp3) is 0.167. The molecule has 0 spiro atoms. The van der Waals surface area contributed by atoms with Gasteiger partial charge in [-0.3, -0.25) is 14.5 Å². The maximum absolute atomic E-state index is 12.6. The van der Waals surface area contributed by atoms with Gasteiger partial charge in [-0.05, 0) is 29.8 Å². The van der Waals surface area contributed by atoms with Crippen molar-refractivity contribution in [3.63, 3.8) is 0 Å². The Hall–Kier alpha value is -2.70. The standard InChI is InChI=1S/C18H14ClF3N4O3S2/c19-15-10-25-17(30-15)26-31(28,29)14-6-5-13(23-9-14)7-16(27)24-8-11-1-3-12(4-2-11)18(20,21)22/h1-6,9-10H,7-8H2,(H,24,27)(H,25,26). The van der Waals surface area contributed by atoms with E-state index in [4.69, 9.17) is 11.6 Å². The Bertz CT molecular complexity index is 1170. The minimum Gasteiger partial charge on any atom is -0.352 e. The van der Waals surface area contributed by atoms with Gasteiger partial charge in [0.25, 0.3) is 10.0 Å². The van der Waals surface area contributed by atoms with Crippen molar-refractivity contribution in [1.29, 1.82) is 0 Å². The molecule has 0 aliphatic heterocycles. The molecule has 2 heterocycles. The highest BCUT2D eigenvalue weighted by Crippen LogP contribution is 2.29. The Balaban J connectivity index is 1.55. The van der Waals surface area contributed by atoms with Crippen molar-refractivity contribution in [1.82, 2.24) is 15.3 Å². The van der Waals surface area contributed by atoms with Crippen LogP contribution in [0, 0.1) is 0 Å². The first-order chi connectivity index (χ1) is 14.5. The molecule has 31 heavy (non-hydrogen) atoms. The number of anilines is 1. The van der Waals surface area contributed by atoms with Gasteiger partial charge in [0, 0.05) is 18.4 Å². The fourth-order valence-corrected chi connectivity index (χ4v) is 4.39. The summed E-state index contributed by atoms with van der Waals surface area (Å²) in [5.74, 6) is -0.418. The summed E-state index contributed by atoms with van der Waals surface area (Å²) in [5.41, 5.74) is 0.0551. The van der Waals surface area contributed by atoms with Gasteiger partial charge in [-0.1, -0.05) is 35.1 Å². The zero-order valence-electron chi connectivity index (χ0n) is 15.5. The van der Waals surface area contributed by atoms with Crippen molar-refractivity contribution in [2.75, 3.05) is 4.72 Å². The SMILES string of the molecule is O=C(Cc1ccc(S(=O)(=O)Nc2ncc(Cl)s2)cn1)NCc1ccc(C(F)(F)F)cc1. The molecule has 3 rings (SSSR count). The van der Waals surface area contributed by atoms with Crippen LogP contribution in [0.25, 0.3) is 0 Å². The summed E-state index contributed by atoms with van der Waals surface area (Å²) in [7, 11) is -3.91. The number of hydrogen-bond donors (Lipinski definition) is 2. The quantitative estimate of drug-likeness (QED) is 0.523. The molecular formula is C18H14ClF3N4O3S2. The summed E-state index contributed by atoms with van der Waals surface area (Å²) in [6, 6.07) is 7.13. The molecule has 164 valence electrons. The van der Waals surface area contributed by atoms with E-state index in [-0.39, 0.29) is 23.0 Å². The molecule has 0 aliphatic carbocycles. The van der Waals surface area contributed by atoms with Crippen molar-refractivity contribution in [3.8, 4) is 0 Å². The second kappa shape index (κ2) is 9.20. The first kappa shape index (κ1) is 23.0. The molecule has 0 fully saturated rings. The van der Waals surface area contributed by atoms with Gasteiger partial charge < -0.3 is 5.32 Å². The Morgan fingerprint density at radius 1 is 1.06 bits per heavy atom. The highest BCUT2D eigenvalue weighted by Gasteiger charge is 2.29. The predicted molar refractivity (Wildman–Crippen MR) is 109 cm³/mol. The molecule has 2 N–H and O–H groups in total. The molecule has 1 aromatic carbocycles. The summed E-state index contributed by atoms with van der Waals surface area (Å²) in [6.45, 7) is 0.0454. The average molecular weight is 491 g/mol. The van der Waals surface area contributed by atoms with Crippen molar-refractivity contribution >= 4 is 44.0 Å². The first-order valence-electron chi connectivity index (χ1n) is 8.55. The van der Waals surface area contributed by atoms with Gasteiger partial charge in [-0.2, -0.15) is 13.2 Å². The monoisotopic (exact) mass is 490 g/mol. The summed E-state index contributed by atoms with van der Waals surface area (Å²) < 4.78 is 64.9. The second-order valence-corrected chi connectivity index (χ2v) is 9.55. The normalized spacial score (nSPS) is 11.9. The highest BCUT2D eigenvalue weighted by atomic mass is 35.5. The number of pyridine rings is 1. The summed E-state index contributed by atoms with van der Waals surface area (Å²) in [5, 5.41) is 2.68. The minimum absolute atomic E-state index is 0.0454. The van der Waals surface area contributed by atoms with Crippen LogP contribution < -0.4 is 10.0 Å². The Morgan fingerprint density at radius 2 is 1.77 bits per heavy atom. The van der Waals surface area contributed by atoms with E-state index in [0.29, 0.717) is 15.6 Å². The number of amides is 1. The lowest BCUT2D eigenvalue weighted by Gasteiger charge is -2.09. The van der Waals surface area contributed by atoms with E-state index in [1.807, 2.05) is 0 Å². The molecule has 1 amide bonds. The lowest BCUT2D eigenvalue weighted by Crippen LogP contribution is -2.25. The number of rotatable bonds is 7. The lowest BCUT2D eigenvalue weighted by atomic mass is 10.1. The zero-order chi connectivity index (χ0) is 22.6. The molecule has 13 heteroatoms. The van der Waals surface area contributed by atoms with Crippen LogP contribution in [-0.2, 0) is 34.0 Å². The van der Waals surface area contributed by atoms with Gasteiger partial charge in [0.05, 0.1) is 18.2 Å². The maximum Gasteiger partial charge on any atom is 0.416 e. The summed E-state index contributed by atoms with van der Waals surface area (Å²) in [6.07, 6.45) is -2.13. The van der Waals surface area contributed by atoms with Crippen LogP contribution in [0.5, 0.6) is 0 Å². The molecule has 0 aliphatic rings. The van der Waals surface area contributed by atoms with E-state index in [9.17, 15) is 26.4 Å². The van der Waals surface area contributed by atoms with Gasteiger partial charge in [-0.25, -0.2) is 13.4 Å². The number of halogens is 4. The van der Waals surface area contributed by atoms with Crippen LogP contribution in [0.15, 0.2) is 53.7 Å². The van der Waals surface area contributed by atoms with E-state index in [1.54, 1.807) is 0 Å². The smallest absolute Gasteiger partial charge is 0.352 e. The third kappa shape index (κ3) is 6.39. The minimum atomic E-state index is -4.42. The van der Waals surface area contributed by atoms with E-state index >= 15 is 0 Å². The second-order valence-electron chi connectivity index (χ2n) is 6.21. The van der Waals surface area contributed by atoms with Crippen molar-refractivity contribution < 1.29 is 26.4 Å². The average Bonchev–Trinajstić information content (AvgIpc) is 3.10.